The zero-order valence-corrected chi connectivity index (χ0v) is 17.7. The van der Waals surface area contributed by atoms with Gasteiger partial charge in [0, 0.05) is 27.1 Å². The molecule has 0 fully saturated rings. The van der Waals surface area contributed by atoms with Crippen molar-refractivity contribution in [1.29, 1.82) is 0 Å². The highest BCUT2D eigenvalue weighted by Gasteiger charge is 2.17. The van der Waals surface area contributed by atoms with Crippen LogP contribution in [-0.4, -0.2) is 41.5 Å². The van der Waals surface area contributed by atoms with Crippen molar-refractivity contribution in [2.45, 2.75) is 32.4 Å². The molecule has 1 aromatic carbocycles. The molecule has 0 aliphatic carbocycles. The first-order valence-electron chi connectivity index (χ1n) is 8.70. The third-order valence-electron chi connectivity index (χ3n) is 4.25. The summed E-state index contributed by atoms with van der Waals surface area (Å²) in [5.74, 6) is -0.428. The molecule has 0 spiro atoms. The minimum Gasteiger partial charge on any atom is -0.360 e. The third kappa shape index (κ3) is 4.63. The van der Waals surface area contributed by atoms with Gasteiger partial charge in [0.2, 0.25) is 5.28 Å². The van der Waals surface area contributed by atoms with Crippen LogP contribution in [0.5, 0.6) is 0 Å². The molecule has 3 aromatic rings. The van der Waals surface area contributed by atoms with Gasteiger partial charge in [0.15, 0.2) is 11.6 Å². The van der Waals surface area contributed by atoms with Crippen LogP contribution in [0.1, 0.15) is 0 Å². The van der Waals surface area contributed by atoms with E-state index in [9.17, 15) is 4.39 Å². The third-order valence-corrected chi connectivity index (χ3v) is 6.14. The van der Waals surface area contributed by atoms with Crippen molar-refractivity contribution in [3.63, 3.8) is 0 Å². The molecule has 0 N–H and O–H groups in total. The zero-order valence-electron chi connectivity index (χ0n) is 15.9. The first-order valence-corrected chi connectivity index (χ1v) is 12.8. The molecule has 0 saturated heterocycles. The predicted molar refractivity (Wildman–Crippen MR) is 109 cm³/mol. The van der Waals surface area contributed by atoms with Crippen LogP contribution in [-0.2, 0) is 11.5 Å². The Balaban J connectivity index is 1.84. The maximum absolute atomic E-state index is 14.1. The van der Waals surface area contributed by atoms with Crippen LogP contribution in [0.4, 0.5) is 15.9 Å². The number of ether oxygens (including phenoxy) is 1. The molecule has 0 atom stereocenters. The molecule has 0 radical (unpaired) electrons. The van der Waals surface area contributed by atoms with Gasteiger partial charge < -0.3 is 9.64 Å². The van der Waals surface area contributed by atoms with E-state index in [1.807, 2.05) is 18.2 Å². The Labute approximate surface area is 163 Å². The van der Waals surface area contributed by atoms with Crippen molar-refractivity contribution in [3.05, 3.63) is 41.7 Å². The highest BCUT2D eigenvalue weighted by Crippen LogP contribution is 2.31. The second kappa shape index (κ2) is 7.91. The molecule has 0 bridgehead atoms. The fourth-order valence-corrected chi connectivity index (χ4v) is 3.59. The van der Waals surface area contributed by atoms with E-state index in [4.69, 9.17) is 16.3 Å². The van der Waals surface area contributed by atoms with Crippen LogP contribution in [0.15, 0.2) is 30.6 Å². The highest BCUT2D eigenvalue weighted by molar-refractivity contribution is 6.76. The summed E-state index contributed by atoms with van der Waals surface area (Å²) in [7, 11) is 0.610. The summed E-state index contributed by atoms with van der Waals surface area (Å²) in [5.41, 5.74) is 1.68. The molecule has 6 nitrogen and oxygen atoms in total. The quantitative estimate of drug-likeness (QED) is 0.323. The summed E-state index contributed by atoms with van der Waals surface area (Å²) < 4.78 is 21.8. The summed E-state index contributed by atoms with van der Waals surface area (Å²) in [4.78, 5) is 9.31. The molecule has 2 aromatic heterocycles. The molecular formula is C18H23ClFN5OSi. The number of halogens is 2. The summed E-state index contributed by atoms with van der Waals surface area (Å²) in [6, 6.07) is 6.85. The van der Waals surface area contributed by atoms with Gasteiger partial charge in [-0.25, -0.2) is 14.1 Å². The summed E-state index contributed by atoms with van der Waals surface area (Å²) >= 11 is 5.83. The number of anilines is 2. The van der Waals surface area contributed by atoms with Gasteiger partial charge in [-0.05, 0) is 29.8 Å². The van der Waals surface area contributed by atoms with Crippen LogP contribution in [0.25, 0.3) is 10.9 Å². The van der Waals surface area contributed by atoms with Gasteiger partial charge in [0.25, 0.3) is 0 Å². The van der Waals surface area contributed by atoms with Gasteiger partial charge in [-0.3, -0.25) is 0 Å². The number of rotatable bonds is 7. The largest absolute Gasteiger partial charge is 0.360 e. The average molecular weight is 408 g/mol. The molecule has 2 heterocycles. The fourth-order valence-electron chi connectivity index (χ4n) is 2.70. The summed E-state index contributed by atoms with van der Waals surface area (Å²) in [6.07, 6.45) is 2.82. The van der Waals surface area contributed by atoms with E-state index in [1.165, 1.54) is 0 Å². The zero-order chi connectivity index (χ0) is 19.6. The molecule has 9 heteroatoms. The lowest BCUT2D eigenvalue weighted by Gasteiger charge is -2.19. The molecule has 144 valence electrons. The van der Waals surface area contributed by atoms with Crippen molar-refractivity contribution >= 4 is 42.1 Å². The molecule has 0 aliphatic heterocycles. The van der Waals surface area contributed by atoms with Crippen LogP contribution in [0, 0.1) is 5.82 Å². The molecule has 27 heavy (non-hydrogen) atoms. The van der Waals surface area contributed by atoms with E-state index in [2.05, 4.69) is 34.7 Å². The number of hydrogen-bond donors (Lipinski definition) is 0. The average Bonchev–Trinajstić information content (AvgIpc) is 3.02. The Bertz CT molecular complexity index is 943. The summed E-state index contributed by atoms with van der Waals surface area (Å²) in [5, 5.41) is 5.30. The summed E-state index contributed by atoms with van der Waals surface area (Å²) in [6.45, 7) is 8.07. The van der Waals surface area contributed by atoms with Crippen molar-refractivity contribution in [2.24, 2.45) is 0 Å². The number of benzene rings is 1. The van der Waals surface area contributed by atoms with Crippen LogP contribution in [0.2, 0.25) is 31.0 Å². The second-order valence-corrected chi connectivity index (χ2v) is 13.5. The second-order valence-electron chi connectivity index (χ2n) is 7.57. The van der Waals surface area contributed by atoms with Gasteiger partial charge in [0.1, 0.15) is 6.73 Å². The number of nitrogens with zero attached hydrogens (tertiary/aromatic N) is 5. The van der Waals surface area contributed by atoms with Crippen LogP contribution >= 0.6 is 11.6 Å². The van der Waals surface area contributed by atoms with Gasteiger partial charge in [0.05, 0.1) is 23.6 Å². The van der Waals surface area contributed by atoms with E-state index in [1.54, 1.807) is 22.8 Å². The van der Waals surface area contributed by atoms with Gasteiger partial charge >= 0.3 is 0 Å². The maximum atomic E-state index is 14.1. The first kappa shape index (κ1) is 19.7. The van der Waals surface area contributed by atoms with Crippen molar-refractivity contribution in [1.82, 2.24) is 19.7 Å². The fraction of sp³-hybridized carbons (Fsp3) is 0.389. The molecule has 0 saturated carbocycles. The molecule has 0 aliphatic rings. The van der Waals surface area contributed by atoms with Crippen LogP contribution < -0.4 is 4.90 Å². The lowest BCUT2D eigenvalue weighted by Crippen LogP contribution is -2.22. The lowest BCUT2D eigenvalue weighted by atomic mass is 10.2. The Morgan fingerprint density at radius 3 is 2.78 bits per heavy atom. The number of hydrogen-bond acceptors (Lipinski definition) is 5. The number of aromatic nitrogens is 4. The monoisotopic (exact) mass is 407 g/mol. The van der Waals surface area contributed by atoms with Gasteiger partial charge in [-0.2, -0.15) is 10.1 Å². The van der Waals surface area contributed by atoms with Gasteiger partial charge in [-0.1, -0.05) is 25.7 Å². The van der Waals surface area contributed by atoms with E-state index in [0.717, 1.165) is 35.4 Å². The Morgan fingerprint density at radius 1 is 1.26 bits per heavy atom. The Kier molecular flexibility index (Phi) is 5.78. The van der Waals surface area contributed by atoms with Gasteiger partial charge in [-0.15, -0.1) is 0 Å². The van der Waals surface area contributed by atoms with E-state index >= 15 is 0 Å². The lowest BCUT2D eigenvalue weighted by molar-refractivity contribution is 0.0817. The minimum absolute atomic E-state index is 0.00285. The van der Waals surface area contributed by atoms with E-state index in [-0.39, 0.29) is 11.1 Å². The minimum atomic E-state index is -1.12. The predicted octanol–water partition coefficient (Wildman–Crippen LogP) is 4.70. The van der Waals surface area contributed by atoms with E-state index < -0.39 is 13.9 Å². The van der Waals surface area contributed by atoms with Crippen molar-refractivity contribution in [2.75, 3.05) is 18.6 Å². The standard InChI is InChI=1S/C18H23ClFN5OSi/c1-24(17-14(20)11-21-18(19)23-17)15-6-5-7-16-13(15)10-22-25(16)12-26-8-9-27(2,3)4/h5-7,10-11H,8-9,12H2,1-4H3. The molecule has 0 unspecified atom stereocenters. The Morgan fingerprint density at radius 2 is 2.04 bits per heavy atom. The number of fused-ring (bicyclic) bond motifs is 1. The Hall–Kier alpha value is -2.03. The SMILES string of the molecule is CN(c1nc(Cl)ncc1F)c1cccc2c1cnn2COCC[Si](C)(C)C. The topological polar surface area (TPSA) is 56.1 Å². The smallest absolute Gasteiger partial charge is 0.224 e. The highest BCUT2D eigenvalue weighted by atomic mass is 35.5. The molecular weight excluding hydrogens is 385 g/mol. The van der Waals surface area contributed by atoms with Crippen LogP contribution in [0.3, 0.4) is 0 Å². The first-order chi connectivity index (χ1) is 12.8. The molecule has 3 rings (SSSR count). The van der Waals surface area contributed by atoms with E-state index in [0.29, 0.717) is 6.73 Å². The van der Waals surface area contributed by atoms with Crippen molar-refractivity contribution < 1.29 is 9.13 Å². The maximum Gasteiger partial charge on any atom is 0.224 e. The normalized spacial score (nSPS) is 11.9. The molecule has 0 amide bonds. The van der Waals surface area contributed by atoms with Crippen molar-refractivity contribution in [3.8, 4) is 0 Å².